The Morgan fingerprint density at radius 3 is 2.00 bits per heavy atom. The van der Waals surface area contributed by atoms with Crippen molar-refractivity contribution in [3.05, 3.63) is 0 Å². The highest BCUT2D eigenvalue weighted by molar-refractivity contribution is 7.98. The Bertz CT molecular complexity index is 1500. The first-order valence-electron chi connectivity index (χ1n) is 22.0. The van der Waals surface area contributed by atoms with E-state index in [9.17, 15) is 33.6 Å². The van der Waals surface area contributed by atoms with Crippen LogP contribution in [0.1, 0.15) is 128 Å². The number of nitrogens with zero attached hydrogens (tertiary/aromatic N) is 2. The SMILES string of the molecule is CCC1C(C(C(=O)NC(C)(C)C)N2CCCC2C(N)=O)N1C(=O)C(C)NC(=O)C(CCCCNC(=O)OC(C)(C)C)NC(=O)C(CCSC)NC(=O)C(C)C(C)OCC(C)C. The summed E-state index contributed by atoms with van der Waals surface area (Å²) in [4.78, 5) is 97.6. The summed E-state index contributed by atoms with van der Waals surface area (Å²) < 4.78 is 11.2. The number of nitrogens with two attached hydrogens (primary N) is 1. The zero-order valence-electron chi connectivity index (χ0n) is 39.1. The summed E-state index contributed by atoms with van der Waals surface area (Å²) in [6, 6.07) is -5.46. The third-order valence-corrected chi connectivity index (χ3v) is 11.4. The number of primary amides is 1. The maximum Gasteiger partial charge on any atom is 0.407 e. The first-order valence-corrected chi connectivity index (χ1v) is 23.4. The first kappa shape index (κ1) is 53.5. The number of nitrogens with one attached hydrogen (secondary N) is 5. The number of hydrogen-bond donors (Lipinski definition) is 6. The van der Waals surface area contributed by atoms with Gasteiger partial charge in [-0.1, -0.05) is 27.7 Å². The van der Waals surface area contributed by atoms with Gasteiger partial charge in [-0.3, -0.25) is 33.7 Å². The largest absolute Gasteiger partial charge is 0.444 e. The van der Waals surface area contributed by atoms with Crippen LogP contribution < -0.4 is 32.3 Å². The maximum atomic E-state index is 14.2. The molecule has 61 heavy (non-hydrogen) atoms. The summed E-state index contributed by atoms with van der Waals surface area (Å²) in [5, 5.41) is 14.3. The number of thioether (sulfide) groups is 1. The third kappa shape index (κ3) is 17.6. The minimum atomic E-state index is -1.10. The van der Waals surface area contributed by atoms with Crippen molar-refractivity contribution in [2.45, 2.75) is 188 Å². The Labute approximate surface area is 368 Å². The highest BCUT2D eigenvalue weighted by Crippen LogP contribution is 2.39. The third-order valence-electron chi connectivity index (χ3n) is 10.7. The predicted octanol–water partition coefficient (Wildman–Crippen LogP) is 2.83. The molecule has 2 aliphatic rings. The highest BCUT2D eigenvalue weighted by Gasteiger charge is 2.59. The van der Waals surface area contributed by atoms with Crippen LogP contribution in [-0.4, -0.2) is 143 Å². The summed E-state index contributed by atoms with van der Waals surface area (Å²) in [7, 11) is 0. The number of carbonyl (C=O) groups is 7. The zero-order valence-corrected chi connectivity index (χ0v) is 39.9. The van der Waals surface area contributed by atoms with Crippen molar-refractivity contribution in [2.24, 2.45) is 17.6 Å². The van der Waals surface area contributed by atoms with E-state index in [1.165, 1.54) is 11.8 Å². The van der Waals surface area contributed by atoms with Crippen molar-refractivity contribution < 1.29 is 43.0 Å². The molecule has 2 aliphatic heterocycles. The molecule has 0 aromatic heterocycles. The molecule has 0 spiro atoms. The topological polar surface area (TPSA) is 230 Å². The van der Waals surface area contributed by atoms with Gasteiger partial charge in [-0.15, -0.1) is 0 Å². The molecule has 9 atom stereocenters. The van der Waals surface area contributed by atoms with E-state index in [4.69, 9.17) is 15.2 Å². The molecule has 2 heterocycles. The second-order valence-electron chi connectivity index (χ2n) is 19.0. The first-order chi connectivity index (χ1) is 28.3. The van der Waals surface area contributed by atoms with Crippen LogP contribution in [0.4, 0.5) is 4.79 Å². The Morgan fingerprint density at radius 2 is 1.44 bits per heavy atom. The number of carbonyl (C=O) groups excluding carboxylic acids is 7. The molecule has 0 saturated carbocycles. The van der Waals surface area contributed by atoms with Gasteiger partial charge in [0.1, 0.15) is 29.8 Å². The molecule has 7 amide bonds. The van der Waals surface area contributed by atoms with Crippen LogP contribution in [0.25, 0.3) is 0 Å². The molecule has 0 aromatic rings. The molecule has 350 valence electrons. The Kier molecular flexibility index (Phi) is 21.3. The highest BCUT2D eigenvalue weighted by atomic mass is 32.2. The van der Waals surface area contributed by atoms with E-state index in [-0.39, 0.29) is 36.7 Å². The van der Waals surface area contributed by atoms with Gasteiger partial charge in [0.2, 0.25) is 35.4 Å². The molecule has 0 bridgehead atoms. The van der Waals surface area contributed by atoms with Crippen LogP contribution in [-0.2, 0) is 38.2 Å². The van der Waals surface area contributed by atoms with Gasteiger partial charge in [-0.05, 0) is 125 Å². The summed E-state index contributed by atoms with van der Waals surface area (Å²) in [5.41, 5.74) is 4.53. The smallest absolute Gasteiger partial charge is 0.407 e. The minimum Gasteiger partial charge on any atom is -0.444 e. The van der Waals surface area contributed by atoms with E-state index in [2.05, 4.69) is 26.6 Å². The van der Waals surface area contributed by atoms with Crippen LogP contribution in [0.5, 0.6) is 0 Å². The van der Waals surface area contributed by atoms with Gasteiger partial charge in [-0.2, -0.15) is 11.8 Å². The second-order valence-corrected chi connectivity index (χ2v) is 20.0. The van der Waals surface area contributed by atoms with Crippen molar-refractivity contribution in [3.8, 4) is 0 Å². The number of amides is 7. The molecular weight excluding hydrogens is 805 g/mol. The molecule has 7 N–H and O–H groups in total. The van der Waals surface area contributed by atoms with E-state index in [1.807, 2.05) is 59.6 Å². The van der Waals surface area contributed by atoms with Gasteiger partial charge < -0.3 is 46.7 Å². The average molecular weight is 883 g/mol. The van der Waals surface area contributed by atoms with Crippen molar-refractivity contribution >= 4 is 53.3 Å². The fraction of sp³-hybridized carbons (Fsp3) is 0.837. The number of ether oxygens (including phenoxy) is 2. The van der Waals surface area contributed by atoms with Crippen LogP contribution in [0.3, 0.4) is 0 Å². The van der Waals surface area contributed by atoms with Gasteiger partial charge in [0, 0.05) is 18.7 Å². The molecule has 0 aliphatic carbocycles. The number of hydrogen-bond acceptors (Lipinski definition) is 11. The number of rotatable bonds is 24. The van der Waals surface area contributed by atoms with E-state index in [0.29, 0.717) is 57.4 Å². The van der Waals surface area contributed by atoms with Gasteiger partial charge in [0.15, 0.2) is 0 Å². The van der Waals surface area contributed by atoms with Crippen molar-refractivity contribution in [1.82, 2.24) is 36.4 Å². The van der Waals surface area contributed by atoms with Crippen LogP contribution in [0.15, 0.2) is 0 Å². The molecule has 0 radical (unpaired) electrons. The molecule has 0 aromatic carbocycles. The molecule has 2 fully saturated rings. The van der Waals surface area contributed by atoms with Crippen molar-refractivity contribution in [2.75, 3.05) is 31.7 Å². The Morgan fingerprint density at radius 1 is 0.836 bits per heavy atom. The lowest BCUT2D eigenvalue weighted by molar-refractivity contribution is -0.137. The van der Waals surface area contributed by atoms with E-state index in [1.54, 1.807) is 39.5 Å². The normalized spacial score (nSPS) is 21.0. The Balaban J connectivity index is 2.31. The van der Waals surface area contributed by atoms with Gasteiger partial charge in [0.05, 0.1) is 30.1 Å². The lowest BCUT2D eigenvalue weighted by Crippen LogP contribution is -2.59. The standard InChI is InChI=1S/C43H78N8O9S/c1-14-31-33(34(39(56)49-42(7,8)9)50-22-17-19-32(50)35(44)52)51(31)40(57)27(5)46-37(54)29(18-15-16-21-45-41(58)60-43(10,11)12)48-38(55)30(20-23-61-13)47-36(53)26(4)28(6)59-24-25(2)3/h25-34H,14-24H2,1-13H3,(H2,44,52)(H,45,58)(H,46,54)(H,47,53)(H,48,55)(H,49,56). The fourth-order valence-corrected chi connectivity index (χ4v) is 7.88. The number of likely N-dealkylation sites (tertiary alicyclic amines) is 1. The van der Waals surface area contributed by atoms with Crippen LogP contribution in [0, 0.1) is 11.8 Å². The average Bonchev–Trinajstić information content (AvgIpc) is 3.64. The van der Waals surface area contributed by atoms with E-state index < -0.39 is 89.1 Å². The number of unbranched alkanes of at least 4 members (excludes halogenated alkanes) is 1. The molecule has 18 heteroatoms. The maximum absolute atomic E-state index is 14.2. The Hall–Kier alpha value is -3.64. The fourth-order valence-electron chi connectivity index (χ4n) is 7.41. The lowest BCUT2D eigenvalue weighted by Gasteiger charge is -2.33. The minimum absolute atomic E-state index is 0.163. The summed E-state index contributed by atoms with van der Waals surface area (Å²) >= 11 is 1.52. The summed E-state index contributed by atoms with van der Waals surface area (Å²) in [5.74, 6) is -2.45. The van der Waals surface area contributed by atoms with Gasteiger partial charge in [0.25, 0.3) is 0 Å². The summed E-state index contributed by atoms with van der Waals surface area (Å²) in [6.07, 6.45) is 3.99. The second kappa shape index (κ2) is 24.3. The van der Waals surface area contributed by atoms with Crippen LogP contribution in [0.2, 0.25) is 0 Å². The molecule has 17 nitrogen and oxygen atoms in total. The van der Waals surface area contributed by atoms with E-state index in [0.717, 1.165) is 0 Å². The van der Waals surface area contributed by atoms with Crippen molar-refractivity contribution in [3.63, 3.8) is 0 Å². The zero-order chi connectivity index (χ0) is 46.4. The van der Waals surface area contributed by atoms with Crippen LogP contribution >= 0.6 is 11.8 Å². The lowest BCUT2D eigenvalue weighted by atomic mass is 10.0. The molecule has 2 rings (SSSR count). The van der Waals surface area contributed by atoms with Crippen molar-refractivity contribution in [1.29, 1.82) is 0 Å². The number of alkyl carbamates (subject to hydrolysis) is 1. The summed E-state index contributed by atoms with van der Waals surface area (Å²) in [6.45, 7) is 23.2. The molecule has 9 unspecified atom stereocenters. The quantitative estimate of drug-likeness (QED) is 0.0610. The van der Waals surface area contributed by atoms with E-state index >= 15 is 0 Å². The molecule has 2 saturated heterocycles. The molecular formula is C43H78N8O9S. The predicted molar refractivity (Wildman–Crippen MR) is 237 cm³/mol. The van der Waals surface area contributed by atoms with Gasteiger partial charge in [-0.25, -0.2) is 4.79 Å². The van der Waals surface area contributed by atoms with Gasteiger partial charge >= 0.3 is 6.09 Å². The monoisotopic (exact) mass is 883 g/mol.